The molecule has 0 atom stereocenters. The van der Waals surface area contributed by atoms with Crippen molar-refractivity contribution in [2.45, 2.75) is 20.0 Å². The van der Waals surface area contributed by atoms with Gasteiger partial charge in [0.2, 0.25) is 5.13 Å². The van der Waals surface area contributed by atoms with Crippen LogP contribution in [0, 0.1) is 6.92 Å². The van der Waals surface area contributed by atoms with Gasteiger partial charge in [-0.3, -0.25) is 5.43 Å². The minimum absolute atomic E-state index is 0.312. The molecule has 8 heteroatoms. The van der Waals surface area contributed by atoms with Gasteiger partial charge < -0.3 is 4.74 Å². The van der Waals surface area contributed by atoms with Gasteiger partial charge >= 0.3 is 6.18 Å². The molecule has 2 rings (SSSR count). The van der Waals surface area contributed by atoms with E-state index in [0.717, 1.165) is 23.1 Å². The molecule has 118 valence electrons. The molecule has 0 unspecified atom stereocenters. The Kier molecular flexibility index (Phi) is 4.70. The van der Waals surface area contributed by atoms with Gasteiger partial charge in [-0.25, -0.2) is 4.98 Å². The van der Waals surface area contributed by atoms with Crippen molar-refractivity contribution in [1.29, 1.82) is 0 Å². The molecule has 0 saturated carbocycles. The van der Waals surface area contributed by atoms with Gasteiger partial charge in [-0.2, -0.15) is 18.3 Å². The molecule has 1 aromatic carbocycles. The number of benzene rings is 1. The summed E-state index contributed by atoms with van der Waals surface area (Å²) in [5.74, 6) is 0.723. The van der Waals surface area contributed by atoms with E-state index in [9.17, 15) is 13.2 Å². The molecule has 0 bridgehead atoms. The van der Waals surface area contributed by atoms with Crippen molar-refractivity contribution in [3.05, 3.63) is 29.1 Å². The Balaban J connectivity index is 2.21. The third-order valence-corrected chi connectivity index (χ3v) is 3.77. The summed E-state index contributed by atoms with van der Waals surface area (Å²) in [5.41, 5.74) is 2.97. The topological polar surface area (TPSA) is 46.5 Å². The Bertz CT molecular complexity index is 678. The lowest BCUT2D eigenvalue weighted by Gasteiger charge is -2.04. The number of hydrogen-bond donors (Lipinski definition) is 1. The van der Waals surface area contributed by atoms with Crippen LogP contribution in [0.1, 0.15) is 11.8 Å². The average molecular weight is 329 g/mol. The molecular formula is C14H14F3N3OS. The number of halogens is 3. The molecule has 2 aromatic rings. The van der Waals surface area contributed by atoms with Crippen LogP contribution in [-0.4, -0.2) is 24.0 Å². The minimum atomic E-state index is -4.45. The molecule has 0 aliphatic rings. The van der Waals surface area contributed by atoms with Crippen molar-refractivity contribution in [2.24, 2.45) is 5.10 Å². The first kappa shape index (κ1) is 16.3. The molecule has 0 aliphatic heterocycles. The van der Waals surface area contributed by atoms with E-state index in [-0.39, 0.29) is 0 Å². The highest BCUT2D eigenvalue weighted by atomic mass is 32.1. The van der Waals surface area contributed by atoms with Gasteiger partial charge in [-0.1, -0.05) is 0 Å². The zero-order chi connectivity index (χ0) is 16.3. The second-order valence-corrected chi connectivity index (χ2v) is 5.66. The number of anilines is 1. The predicted octanol–water partition coefficient (Wildman–Crippen LogP) is 4.48. The summed E-state index contributed by atoms with van der Waals surface area (Å²) in [5, 5.41) is 3.62. The highest BCUT2D eigenvalue weighted by Crippen LogP contribution is 2.31. The molecular weight excluding hydrogens is 315 g/mol. The van der Waals surface area contributed by atoms with Crippen LogP contribution in [0.25, 0.3) is 11.3 Å². The molecule has 0 saturated heterocycles. The van der Waals surface area contributed by atoms with Gasteiger partial charge in [0.15, 0.2) is 0 Å². The third kappa shape index (κ3) is 3.76. The lowest BCUT2D eigenvalue weighted by molar-refractivity contribution is -0.0592. The smallest absolute Gasteiger partial charge is 0.430 e. The van der Waals surface area contributed by atoms with Crippen LogP contribution in [0.15, 0.2) is 29.4 Å². The molecule has 0 amide bonds. The second-order valence-electron chi connectivity index (χ2n) is 4.46. The maximum Gasteiger partial charge on any atom is 0.430 e. The fourth-order valence-corrected chi connectivity index (χ4v) is 2.43. The number of ether oxygens (including phenoxy) is 1. The lowest BCUT2D eigenvalue weighted by Crippen LogP contribution is -2.20. The highest BCUT2D eigenvalue weighted by molar-refractivity contribution is 7.15. The lowest BCUT2D eigenvalue weighted by atomic mass is 10.1. The molecule has 0 radical (unpaired) electrons. The summed E-state index contributed by atoms with van der Waals surface area (Å²) < 4.78 is 42.2. The first-order valence-corrected chi connectivity index (χ1v) is 7.12. The van der Waals surface area contributed by atoms with Gasteiger partial charge in [-0.05, 0) is 38.1 Å². The normalized spacial score (nSPS) is 12.4. The molecule has 0 aliphatic carbocycles. The molecule has 0 spiro atoms. The van der Waals surface area contributed by atoms with E-state index in [2.05, 4.69) is 15.5 Å². The molecule has 0 fully saturated rings. The standard InChI is InChI=1S/C14H14F3N3OS/c1-8-12(10-4-6-11(21-3)7-5-10)18-13(22-8)20-19-9(2)14(15,16)17/h4-7H,1-3H3,(H,18,20). The van der Waals surface area contributed by atoms with Crippen LogP contribution in [0.2, 0.25) is 0 Å². The molecule has 22 heavy (non-hydrogen) atoms. The van der Waals surface area contributed by atoms with Crippen LogP contribution in [0.4, 0.5) is 18.3 Å². The summed E-state index contributed by atoms with van der Waals surface area (Å²) in [4.78, 5) is 5.16. The van der Waals surface area contributed by atoms with Crippen molar-refractivity contribution in [1.82, 2.24) is 4.98 Å². The highest BCUT2D eigenvalue weighted by Gasteiger charge is 2.32. The van der Waals surface area contributed by atoms with Crippen molar-refractivity contribution >= 4 is 22.2 Å². The fourth-order valence-electron chi connectivity index (χ4n) is 1.66. The van der Waals surface area contributed by atoms with E-state index in [1.807, 2.05) is 19.1 Å². The quantitative estimate of drug-likeness (QED) is 0.664. The SMILES string of the molecule is COc1ccc(-c2nc(NN=C(C)C(F)(F)F)sc2C)cc1. The molecule has 1 aromatic heterocycles. The number of aryl methyl sites for hydroxylation is 1. The summed E-state index contributed by atoms with van der Waals surface area (Å²) in [6.07, 6.45) is -4.45. The average Bonchev–Trinajstić information content (AvgIpc) is 2.85. The number of hydrazone groups is 1. The van der Waals surface area contributed by atoms with Gasteiger partial charge in [0.25, 0.3) is 0 Å². The van der Waals surface area contributed by atoms with Crippen LogP contribution in [-0.2, 0) is 0 Å². The van der Waals surface area contributed by atoms with Crippen LogP contribution in [0.3, 0.4) is 0 Å². The van der Waals surface area contributed by atoms with Crippen molar-refractivity contribution in [3.63, 3.8) is 0 Å². The monoisotopic (exact) mass is 329 g/mol. The van der Waals surface area contributed by atoms with Crippen molar-refractivity contribution in [3.8, 4) is 17.0 Å². The largest absolute Gasteiger partial charge is 0.497 e. The number of thiazole rings is 1. The first-order chi connectivity index (χ1) is 10.3. The Hall–Kier alpha value is -2.09. The Labute approximate surface area is 129 Å². The van der Waals surface area contributed by atoms with Gasteiger partial charge in [0, 0.05) is 10.4 Å². The zero-order valence-corrected chi connectivity index (χ0v) is 13.0. The van der Waals surface area contributed by atoms with Gasteiger partial charge in [0.1, 0.15) is 11.5 Å². The minimum Gasteiger partial charge on any atom is -0.497 e. The number of rotatable bonds is 4. The van der Waals surface area contributed by atoms with Crippen LogP contribution in [0.5, 0.6) is 5.75 Å². The zero-order valence-electron chi connectivity index (χ0n) is 12.2. The predicted molar refractivity (Wildman–Crippen MR) is 81.6 cm³/mol. The van der Waals surface area contributed by atoms with Crippen molar-refractivity contribution in [2.75, 3.05) is 12.5 Å². The number of aromatic nitrogens is 1. The van der Waals surface area contributed by atoms with Gasteiger partial charge in [0.05, 0.1) is 12.8 Å². The Morgan fingerprint density at radius 1 is 1.27 bits per heavy atom. The maximum absolute atomic E-state index is 12.4. The molecule has 1 heterocycles. The number of methoxy groups -OCH3 is 1. The number of alkyl halides is 3. The Morgan fingerprint density at radius 3 is 2.45 bits per heavy atom. The van der Waals surface area contributed by atoms with Crippen LogP contribution < -0.4 is 10.2 Å². The Morgan fingerprint density at radius 2 is 1.91 bits per heavy atom. The summed E-state index contributed by atoms with van der Waals surface area (Å²) >= 11 is 1.24. The third-order valence-electron chi connectivity index (χ3n) is 2.89. The summed E-state index contributed by atoms with van der Waals surface area (Å²) in [6, 6.07) is 7.28. The van der Waals surface area contributed by atoms with E-state index in [1.54, 1.807) is 19.2 Å². The van der Waals surface area contributed by atoms with Gasteiger partial charge in [-0.15, -0.1) is 11.3 Å². The summed E-state index contributed by atoms with van der Waals surface area (Å²) in [6.45, 7) is 2.75. The second kappa shape index (κ2) is 6.35. The number of nitrogens with one attached hydrogen (secondary N) is 1. The van der Waals surface area contributed by atoms with E-state index >= 15 is 0 Å². The number of hydrogen-bond acceptors (Lipinski definition) is 5. The van der Waals surface area contributed by atoms with E-state index in [4.69, 9.17) is 4.74 Å². The van der Waals surface area contributed by atoms with Crippen LogP contribution >= 0.6 is 11.3 Å². The number of nitrogens with zero attached hydrogens (tertiary/aromatic N) is 2. The van der Waals surface area contributed by atoms with Crippen molar-refractivity contribution < 1.29 is 17.9 Å². The fraction of sp³-hybridized carbons (Fsp3) is 0.286. The summed E-state index contributed by atoms with van der Waals surface area (Å²) in [7, 11) is 1.58. The molecule has 4 nitrogen and oxygen atoms in total. The first-order valence-electron chi connectivity index (χ1n) is 6.30. The van der Waals surface area contributed by atoms with E-state index < -0.39 is 11.9 Å². The maximum atomic E-state index is 12.4. The van der Waals surface area contributed by atoms with E-state index in [1.165, 1.54) is 11.3 Å². The molecule has 1 N–H and O–H groups in total. The van der Waals surface area contributed by atoms with E-state index in [0.29, 0.717) is 10.8 Å².